The van der Waals surface area contributed by atoms with Gasteiger partial charge < -0.3 is 0 Å². The molecule has 0 saturated carbocycles. The highest BCUT2D eigenvalue weighted by molar-refractivity contribution is 5.34. The zero-order chi connectivity index (χ0) is 11.4. The Hall–Kier alpha value is -1.71. The van der Waals surface area contributed by atoms with E-state index in [4.69, 9.17) is 0 Å². The molecule has 0 aliphatic rings. The van der Waals surface area contributed by atoms with Gasteiger partial charge in [-0.2, -0.15) is 0 Å². The summed E-state index contributed by atoms with van der Waals surface area (Å²) < 4.78 is 1.66. The third-order valence-corrected chi connectivity index (χ3v) is 2.80. The molecule has 1 heterocycles. The van der Waals surface area contributed by atoms with Crippen molar-refractivity contribution in [3.8, 4) is 5.69 Å². The second-order valence-electron chi connectivity index (χ2n) is 4.04. The van der Waals surface area contributed by atoms with Crippen molar-refractivity contribution in [1.82, 2.24) is 20.2 Å². The number of hydrogen-bond acceptors (Lipinski definition) is 3. The standard InChI is InChI=1S/C12H16N4/c1-3-4-10(2)11-5-7-12(8-6-11)16-9-13-14-15-16/h5-10H,3-4H2,1-2H3. The summed E-state index contributed by atoms with van der Waals surface area (Å²) in [4.78, 5) is 0. The van der Waals surface area contributed by atoms with Crippen molar-refractivity contribution in [2.24, 2.45) is 0 Å². The van der Waals surface area contributed by atoms with Crippen LogP contribution in [0.3, 0.4) is 0 Å². The minimum Gasteiger partial charge on any atom is -0.201 e. The molecule has 0 aliphatic heterocycles. The SMILES string of the molecule is CCCC(C)c1ccc(-n2cnnn2)cc1. The summed E-state index contributed by atoms with van der Waals surface area (Å²) >= 11 is 0. The Morgan fingerprint density at radius 1 is 1.25 bits per heavy atom. The molecule has 0 N–H and O–H groups in total. The Labute approximate surface area is 95.3 Å². The third-order valence-electron chi connectivity index (χ3n) is 2.80. The van der Waals surface area contributed by atoms with Gasteiger partial charge in [0.25, 0.3) is 0 Å². The summed E-state index contributed by atoms with van der Waals surface area (Å²) in [7, 11) is 0. The van der Waals surface area contributed by atoms with Gasteiger partial charge in [0, 0.05) is 0 Å². The monoisotopic (exact) mass is 216 g/mol. The number of tetrazole rings is 1. The maximum Gasteiger partial charge on any atom is 0.143 e. The number of hydrogen-bond donors (Lipinski definition) is 0. The Bertz CT molecular complexity index is 419. The lowest BCUT2D eigenvalue weighted by atomic mass is 9.96. The zero-order valence-corrected chi connectivity index (χ0v) is 9.67. The predicted octanol–water partition coefficient (Wildman–Crippen LogP) is 2.57. The summed E-state index contributed by atoms with van der Waals surface area (Å²) in [6.45, 7) is 4.47. The smallest absolute Gasteiger partial charge is 0.143 e. The lowest BCUT2D eigenvalue weighted by molar-refractivity contribution is 0.664. The molecule has 1 aromatic heterocycles. The van der Waals surface area contributed by atoms with Crippen LogP contribution in [0.2, 0.25) is 0 Å². The van der Waals surface area contributed by atoms with Crippen molar-refractivity contribution in [3.63, 3.8) is 0 Å². The Morgan fingerprint density at radius 2 is 2.00 bits per heavy atom. The maximum absolute atomic E-state index is 3.85. The van der Waals surface area contributed by atoms with E-state index >= 15 is 0 Å². The Kier molecular flexibility index (Phi) is 3.29. The van der Waals surface area contributed by atoms with Gasteiger partial charge in [-0.05, 0) is 40.5 Å². The maximum atomic E-state index is 3.85. The summed E-state index contributed by atoms with van der Waals surface area (Å²) in [6.07, 6.45) is 4.05. The van der Waals surface area contributed by atoms with Gasteiger partial charge in [0.2, 0.25) is 0 Å². The van der Waals surface area contributed by atoms with Crippen LogP contribution in [0.1, 0.15) is 38.2 Å². The molecule has 0 fully saturated rings. The number of rotatable bonds is 4. The molecular weight excluding hydrogens is 200 g/mol. The molecule has 0 spiro atoms. The highest BCUT2D eigenvalue weighted by Crippen LogP contribution is 2.21. The van der Waals surface area contributed by atoms with E-state index in [1.54, 1.807) is 11.0 Å². The fourth-order valence-corrected chi connectivity index (χ4v) is 1.83. The van der Waals surface area contributed by atoms with Crippen molar-refractivity contribution in [2.75, 3.05) is 0 Å². The first kappa shape index (κ1) is 10.8. The van der Waals surface area contributed by atoms with Gasteiger partial charge in [-0.1, -0.05) is 32.4 Å². The highest BCUT2D eigenvalue weighted by Gasteiger charge is 2.04. The van der Waals surface area contributed by atoms with E-state index in [9.17, 15) is 0 Å². The number of nitrogens with zero attached hydrogens (tertiary/aromatic N) is 4. The molecule has 0 saturated heterocycles. The first-order valence-corrected chi connectivity index (χ1v) is 5.64. The van der Waals surface area contributed by atoms with Crippen LogP contribution in [0.4, 0.5) is 0 Å². The van der Waals surface area contributed by atoms with E-state index in [0.717, 1.165) is 5.69 Å². The van der Waals surface area contributed by atoms with Crippen molar-refractivity contribution < 1.29 is 0 Å². The van der Waals surface area contributed by atoms with E-state index in [2.05, 4.69) is 53.6 Å². The quantitative estimate of drug-likeness (QED) is 0.789. The topological polar surface area (TPSA) is 43.6 Å². The van der Waals surface area contributed by atoms with Gasteiger partial charge in [0.1, 0.15) is 6.33 Å². The largest absolute Gasteiger partial charge is 0.201 e. The van der Waals surface area contributed by atoms with Gasteiger partial charge in [-0.15, -0.1) is 5.10 Å². The van der Waals surface area contributed by atoms with Crippen LogP contribution < -0.4 is 0 Å². The molecule has 0 amide bonds. The molecule has 0 radical (unpaired) electrons. The second kappa shape index (κ2) is 4.88. The Morgan fingerprint density at radius 3 is 2.56 bits per heavy atom. The van der Waals surface area contributed by atoms with Crippen LogP contribution in [0.25, 0.3) is 5.69 Å². The van der Waals surface area contributed by atoms with Gasteiger partial charge in [-0.25, -0.2) is 4.68 Å². The fraction of sp³-hybridized carbons (Fsp3) is 0.417. The van der Waals surface area contributed by atoms with Crippen molar-refractivity contribution in [3.05, 3.63) is 36.2 Å². The van der Waals surface area contributed by atoms with Crippen LogP contribution in [0.15, 0.2) is 30.6 Å². The van der Waals surface area contributed by atoms with Gasteiger partial charge in [-0.3, -0.25) is 0 Å². The first-order valence-electron chi connectivity index (χ1n) is 5.64. The molecule has 2 rings (SSSR count). The molecule has 2 aromatic rings. The normalized spacial score (nSPS) is 12.6. The predicted molar refractivity (Wildman–Crippen MR) is 62.5 cm³/mol. The molecule has 0 bridgehead atoms. The molecule has 1 unspecified atom stereocenters. The van der Waals surface area contributed by atoms with Crippen LogP contribution in [0.5, 0.6) is 0 Å². The molecule has 4 nitrogen and oxygen atoms in total. The summed E-state index contributed by atoms with van der Waals surface area (Å²) in [6, 6.07) is 8.41. The summed E-state index contributed by atoms with van der Waals surface area (Å²) in [5.41, 5.74) is 2.37. The molecule has 1 aromatic carbocycles. The molecule has 4 heteroatoms. The second-order valence-corrected chi connectivity index (χ2v) is 4.04. The van der Waals surface area contributed by atoms with Crippen LogP contribution in [0, 0.1) is 0 Å². The van der Waals surface area contributed by atoms with E-state index in [1.807, 2.05) is 0 Å². The van der Waals surface area contributed by atoms with E-state index in [1.165, 1.54) is 18.4 Å². The Balaban J connectivity index is 2.16. The van der Waals surface area contributed by atoms with Gasteiger partial charge in [0.15, 0.2) is 0 Å². The summed E-state index contributed by atoms with van der Waals surface area (Å²) in [5, 5.41) is 11.1. The third kappa shape index (κ3) is 2.27. The average Bonchev–Trinajstić information content (AvgIpc) is 2.83. The average molecular weight is 216 g/mol. The van der Waals surface area contributed by atoms with Crippen LogP contribution in [-0.2, 0) is 0 Å². The minimum absolute atomic E-state index is 0.618. The molecule has 1 atom stereocenters. The van der Waals surface area contributed by atoms with Crippen molar-refractivity contribution >= 4 is 0 Å². The zero-order valence-electron chi connectivity index (χ0n) is 9.67. The summed E-state index contributed by atoms with van der Waals surface area (Å²) in [5.74, 6) is 0.618. The molecule has 84 valence electrons. The lowest BCUT2D eigenvalue weighted by Gasteiger charge is -2.10. The molecule has 16 heavy (non-hydrogen) atoms. The molecular formula is C12H16N4. The number of aromatic nitrogens is 4. The van der Waals surface area contributed by atoms with E-state index in [0.29, 0.717) is 5.92 Å². The van der Waals surface area contributed by atoms with Crippen LogP contribution >= 0.6 is 0 Å². The van der Waals surface area contributed by atoms with E-state index < -0.39 is 0 Å². The van der Waals surface area contributed by atoms with Crippen molar-refractivity contribution in [2.45, 2.75) is 32.6 Å². The molecule has 0 aliphatic carbocycles. The first-order chi connectivity index (χ1) is 7.81. The number of benzene rings is 1. The van der Waals surface area contributed by atoms with Crippen molar-refractivity contribution in [1.29, 1.82) is 0 Å². The lowest BCUT2D eigenvalue weighted by Crippen LogP contribution is -1.97. The van der Waals surface area contributed by atoms with Gasteiger partial charge in [0.05, 0.1) is 5.69 Å². The van der Waals surface area contributed by atoms with Gasteiger partial charge >= 0.3 is 0 Å². The highest BCUT2D eigenvalue weighted by atomic mass is 15.5. The fourth-order valence-electron chi connectivity index (χ4n) is 1.83. The van der Waals surface area contributed by atoms with Crippen LogP contribution in [-0.4, -0.2) is 20.2 Å². The minimum atomic E-state index is 0.618. The van der Waals surface area contributed by atoms with E-state index in [-0.39, 0.29) is 0 Å².